The fourth-order valence-corrected chi connectivity index (χ4v) is 3.45. The summed E-state index contributed by atoms with van der Waals surface area (Å²) in [4.78, 5) is 17.0. The minimum atomic E-state index is -4.62. The van der Waals surface area contributed by atoms with Crippen LogP contribution in [0, 0.1) is 5.92 Å². The molecule has 0 bridgehead atoms. The number of amidine groups is 2. The molecule has 1 fully saturated rings. The first-order valence-electron chi connectivity index (χ1n) is 8.94. The average molecular weight is 405 g/mol. The van der Waals surface area contributed by atoms with Crippen molar-refractivity contribution in [3.8, 4) is 0 Å². The normalized spacial score (nSPS) is 26.9. The summed E-state index contributed by atoms with van der Waals surface area (Å²) in [5.41, 5.74) is 0. The number of alkyl halides is 3. The van der Waals surface area contributed by atoms with Crippen molar-refractivity contribution in [2.45, 2.75) is 38.0 Å². The molecule has 154 valence electrons. The Morgan fingerprint density at radius 2 is 2.11 bits per heavy atom. The second kappa shape index (κ2) is 7.88. The molecule has 0 spiro atoms. The van der Waals surface area contributed by atoms with Crippen LogP contribution < -0.4 is 5.32 Å². The molecular formula is C17H20F5N5O. The highest BCUT2D eigenvalue weighted by atomic mass is 19.4. The van der Waals surface area contributed by atoms with Crippen LogP contribution in [0.15, 0.2) is 34.4 Å². The summed E-state index contributed by atoms with van der Waals surface area (Å²) >= 11 is 0. The molecule has 1 saturated heterocycles. The van der Waals surface area contributed by atoms with E-state index in [2.05, 4.69) is 15.4 Å². The second-order valence-electron chi connectivity index (χ2n) is 6.85. The summed E-state index contributed by atoms with van der Waals surface area (Å²) in [5.74, 6) is -0.707. The summed E-state index contributed by atoms with van der Waals surface area (Å²) in [6, 6.07) is -3.30. The Morgan fingerprint density at radius 1 is 1.36 bits per heavy atom. The molecule has 6 nitrogen and oxygen atoms in total. The molecule has 3 heterocycles. The van der Waals surface area contributed by atoms with Crippen LogP contribution in [0.2, 0.25) is 0 Å². The van der Waals surface area contributed by atoms with Crippen LogP contribution in [-0.4, -0.2) is 65.4 Å². The van der Waals surface area contributed by atoms with Gasteiger partial charge < -0.3 is 10.2 Å². The number of aliphatic imine (C=N–C) groups is 1. The van der Waals surface area contributed by atoms with Gasteiger partial charge in [-0.2, -0.15) is 27.1 Å². The van der Waals surface area contributed by atoms with E-state index in [1.54, 1.807) is 6.08 Å². The largest absolute Gasteiger partial charge is 0.413 e. The number of fused-ring (bicyclic) bond motifs is 1. The van der Waals surface area contributed by atoms with Crippen molar-refractivity contribution in [3.05, 3.63) is 24.3 Å². The van der Waals surface area contributed by atoms with E-state index in [0.29, 0.717) is 18.5 Å². The topological polar surface area (TPSA) is 60.3 Å². The van der Waals surface area contributed by atoms with Gasteiger partial charge in [0.15, 0.2) is 6.04 Å². The molecule has 11 heteroatoms. The minimum Gasteiger partial charge on any atom is -0.369 e. The van der Waals surface area contributed by atoms with E-state index in [1.807, 2.05) is 6.92 Å². The lowest BCUT2D eigenvalue weighted by molar-refractivity contribution is -0.157. The lowest BCUT2D eigenvalue weighted by atomic mass is 10.1. The van der Waals surface area contributed by atoms with Gasteiger partial charge in [0.2, 0.25) is 5.91 Å². The fourth-order valence-electron chi connectivity index (χ4n) is 3.45. The molecule has 0 saturated carbocycles. The van der Waals surface area contributed by atoms with Gasteiger partial charge >= 0.3 is 6.18 Å². The first-order valence-corrected chi connectivity index (χ1v) is 8.94. The summed E-state index contributed by atoms with van der Waals surface area (Å²) in [7, 11) is 0. The molecule has 0 aromatic rings. The van der Waals surface area contributed by atoms with Crippen LogP contribution in [0.5, 0.6) is 0 Å². The maximum Gasteiger partial charge on any atom is 0.413 e. The van der Waals surface area contributed by atoms with Crippen LogP contribution >= 0.6 is 0 Å². The molecule has 3 unspecified atom stereocenters. The van der Waals surface area contributed by atoms with E-state index in [9.17, 15) is 26.7 Å². The second-order valence-corrected chi connectivity index (χ2v) is 6.85. The molecule has 0 aromatic heterocycles. The van der Waals surface area contributed by atoms with Crippen LogP contribution in [0.3, 0.4) is 0 Å². The van der Waals surface area contributed by atoms with E-state index in [1.165, 1.54) is 16.0 Å². The lowest BCUT2D eigenvalue weighted by Crippen LogP contribution is -2.51. The molecule has 3 atom stereocenters. The van der Waals surface area contributed by atoms with E-state index in [4.69, 9.17) is 0 Å². The Morgan fingerprint density at radius 3 is 2.75 bits per heavy atom. The van der Waals surface area contributed by atoms with Crippen molar-refractivity contribution >= 4 is 17.6 Å². The molecule has 0 radical (unpaired) electrons. The Bertz CT molecular complexity index is 741. The third-order valence-corrected chi connectivity index (χ3v) is 4.70. The number of halogens is 5. The van der Waals surface area contributed by atoms with Crippen molar-refractivity contribution in [2.75, 3.05) is 19.6 Å². The number of carbonyl (C=O) groups is 1. The van der Waals surface area contributed by atoms with Crippen molar-refractivity contribution in [2.24, 2.45) is 16.0 Å². The third kappa shape index (κ3) is 4.33. The van der Waals surface area contributed by atoms with E-state index >= 15 is 0 Å². The van der Waals surface area contributed by atoms with Gasteiger partial charge in [-0.1, -0.05) is 6.92 Å². The number of hydrogen-bond donors (Lipinski definition) is 1. The quantitative estimate of drug-likeness (QED) is 0.715. The van der Waals surface area contributed by atoms with Crippen molar-refractivity contribution in [1.82, 2.24) is 15.2 Å². The Hall–Kier alpha value is -2.46. The van der Waals surface area contributed by atoms with Crippen LogP contribution in [0.4, 0.5) is 22.0 Å². The minimum absolute atomic E-state index is 0.0546. The first-order chi connectivity index (χ1) is 13.2. The molecule has 1 amide bonds. The number of likely N-dealkylation sites (tertiary alicyclic amines) is 1. The van der Waals surface area contributed by atoms with Gasteiger partial charge in [-0.05, 0) is 24.6 Å². The van der Waals surface area contributed by atoms with Gasteiger partial charge in [0.1, 0.15) is 17.7 Å². The van der Waals surface area contributed by atoms with Gasteiger partial charge in [0, 0.05) is 32.0 Å². The SMILES string of the molecule is CCCNC1=NN2C(=NC(C(F)(F)F)C2CN2CC(C=C(F)F)CC2=O)C=C1. The zero-order valence-corrected chi connectivity index (χ0v) is 15.1. The summed E-state index contributed by atoms with van der Waals surface area (Å²) in [5, 5.41) is 8.38. The molecule has 3 aliphatic rings. The highest BCUT2D eigenvalue weighted by molar-refractivity contribution is 6.06. The Labute approximate surface area is 158 Å². The lowest BCUT2D eigenvalue weighted by Gasteiger charge is -2.31. The molecule has 28 heavy (non-hydrogen) atoms. The average Bonchev–Trinajstić information content (AvgIpc) is 3.13. The number of amides is 1. The van der Waals surface area contributed by atoms with E-state index in [0.717, 1.165) is 6.42 Å². The number of carbonyl (C=O) groups excluding carboxylic acids is 1. The van der Waals surface area contributed by atoms with Crippen molar-refractivity contribution in [3.63, 3.8) is 0 Å². The van der Waals surface area contributed by atoms with Crippen LogP contribution in [0.1, 0.15) is 19.8 Å². The summed E-state index contributed by atoms with van der Waals surface area (Å²) in [6.45, 7) is 2.19. The van der Waals surface area contributed by atoms with Gasteiger partial charge in [0.05, 0.1) is 0 Å². The molecule has 3 aliphatic heterocycles. The predicted octanol–water partition coefficient (Wildman–Crippen LogP) is 2.51. The molecular weight excluding hydrogens is 385 g/mol. The molecule has 3 rings (SSSR count). The Balaban J connectivity index is 1.80. The zero-order chi connectivity index (χ0) is 20.5. The van der Waals surface area contributed by atoms with Crippen LogP contribution in [0.25, 0.3) is 0 Å². The number of rotatable bonds is 5. The van der Waals surface area contributed by atoms with Crippen LogP contribution in [-0.2, 0) is 4.79 Å². The first kappa shape index (κ1) is 20.3. The summed E-state index contributed by atoms with van der Waals surface area (Å²) < 4.78 is 65.5. The zero-order valence-electron chi connectivity index (χ0n) is 15.1. The van der Waals surface area contributed by atoms with Gasteiger partial charge in [-0.15, -0.1) is 0 Å². The highest BCUT2D eigenvalue weighted by Crippen LogP contribution is 2.35. The van der Waals surface area contributed by atoms with Gasteiger partial charge in [-0.3, -0.25) is 9.79 Å². The molecule has 0 aromatic carbocycles. The molecule has 0 aliphatic carbocycles. The number of hydrogen-bond acceptors (Lipinski definition) is 5. The smallest absolute Gasteiger partial charge is 0.369 e. The van der Waals surface area contributed by atoms with E-state index in [-0.39, 0.29) is 25.3 Å². The van der Waals surface area contributed by atoms with Crippen molar-refractivity contribution in [1.29, 1.82) is 0 Å². The number of nitrogens with one attached hydrogen (secondary N) is 1. The number of hydrazone groups is 1. The van der Waals surface area contributed by atoms with Crippen molar-refractivity contribution < 1.29 is 26.7 Å². The summed E-state index contributed by atoms with van der Waals surface area (Å²) in [6.07, 6.45) is -2.21. The van der Waals surface area contributed by atoms with E-state index < -0.39 is 36.2 Å². The monoisotopic (exact) mass is 405 g/mol. The highest BCUT2D eigenvalue weighted by Gasteiger charge is 2.53. The van der Waals surface area contributed by atoms with Gasteiger partial charge in [-0.25, -0.2) is 5.01 Å². The molecule has 1 N–H and O–H groups in total. The Kier molecular flexibility index (Phi) is 5.71. The fraction of sp³-hybridized carbons (Fsp3) is 0.588. The predicted molar refractivity (Wildman–Crippen MR) is 92.8 cm³/mol. The van der Waals surface area contributed by atoms with Gasteiger partial charge in [0.25, 0.3) is 6.08 Å². The third-order valence-electron chi connectivity index (χ3n) is 4.70. The standard InChI is InChI=1S/C17H20F5N5O/c1-2-5-23-13-3-4-14-24-16(17(20,21)22)11(27(14)25-13)9-26-8-10(6-12(18)19)7-15(26)28/h3-4,6,10-11,16H,2,5,7-9H2,1H3,(H,23,25). The maximum atomic E-state index is 13.5. The maximum absolute atomic E-state index is 13.5. The number of nitrogens with zero attached hydrogens (tertiary/aromatic N) is 4.